The fourth-order valence-corrected chi connectivity index (χ4v) is 3.95. The molecule has 1 N–H and O–H groups in total. The Labute approximate surface area is 172 Å². The average molecular weight is 389 g/mol. The predicted molar refractivity (Wildman–Crippen MR) is 117 cm³/mol. The number of nitrogens with zero attached hydrogens (tertiary/aromatic N) is 1. The van der Waals surface area contributed by atoms with Gasteiger partial charge in [0.25, 0.3) is 0 Å². The van der Waals surface area contributed by atoms with Crippen molar-refractivity contribution in [2.75, 3.05) is 19.7 Å². The maximum absolute atomic E-state index is 12.6. The van der Waals surface area contributed by atoms with Crippen LogP contribution in [0.5, 0.6) is 0 Å². The van der Waals surface area contributed by atoms with Crippen LogP contribution in [0.2, 0.25) is 0 Å². The SMILES string of the molecule is O=C(NCc1cccc2ccccc12)N1CCC(COCc2ccccc2)CC1. The summed E-state index contributed by atoms with van der Waals surface area (Å²) in [5.74, 6) is 0.529. The highest BCUT2D eigenvalue weighted by Gasteiger charge is 2.22. The van der Waals surface area contributed by atoms with Crippen molar-refractivity contribution in [3.05, 3.63) is 83.9 Å². The summed E-state index contributed by atoms with van der Waals surface area (Å²) in [6.07, 6.45) is 1.99. The van der Waals surface area contributed by atoms with E-state index < -0.39 is 0 Å². The Morgan fingerprint density at radius 3 is 2.48 bits per heavy atom. The number of hydrogen-bond donors (Lipinski definition) is 1. The summed E-state index contributed by atoms with van der Waals surface area (Å²) in [4.78, 5) is 14.5. The first-order valence-corrected chi connectivity index (χ1v) is 10.4. The molecular formula is C25H28N2O2. The van der Waals surface area contributed by atoms with Gasteiger partial charge < -0.3 is 15.0 Å². The molecule has 0 unspecified atom stereocenters. The average Bonchev–Trinajstić information content (AvgIpc) is 2.78. The van der Waals surface area contributed by atoms with Crippen molar-refractivity contribution in [1.82, 2.24) is 10.2 Å². The molecule has 150 valence electrons. The second-order valence-corrected chi connectivity index (χ2v) is 7.73. The molecule has 4 nitrogen and oxygen atoms in total. The zero-order valence-corrected chi connectivity index (χ0v) is 16.7. The Hall–Kier alpha value is -2.85. The lowest BCUT2D eigenvalue weighted by Crippen LogP contribution is -2.44. The molecule has 0 atom stereocenters. The molecule has 4 heteroatoms. The summed E-state index contributed by atoms with van der Waals surface area (Å²) in [7, 11) is 0. The van der Waals surface area contributed by atoms with E-state index >= 15 is 0 Å². The van der Waals surface area contributed by atoms with Crippen LogP contribution in [0.25, 0.3) is 10.8 Å². The molecule has 29 heavy (non-hydrogen) atoms. The molecular weight excluding hydrogens is 360 g/mol. The molecule has 0 radical (unpaired) electrons. The number of carbonyl (C=O) groups is 1. The van der Waals surface area contributed by atoms with Gasteiger partial charge in [-0.3, -0.25) is 0 Å². The van der Waals surface area contributed by atoms with E-state index in [0.717, 1.165) is 38.1 Å². The lowest BCUT2D eigenvalue weighted by Gasteiger charge is -2.32. The van der Waals surface area contributed by atoms with Crippen LogP contribution in [0, 0.1) is 5.92 Å². The van der Waals surface area contributed by atoms with Crippen LogP contribution < -0.4 is 5.32 Å². The van der Waals surface area contributed by atoms with Crippen molar-refractivity contribution in [2.24, 2.45) is 5.92 Å². The van der Waals surface area contributed by atoms with Crippen molar-refractivity contribution in [1.29, 1.82) is 0 Å². The number of piperidine rings is 1. The number of likely N-dealkylation sites (tertiary alicyclic amines) is 1. The van der Waals surface area contributed by atoms with Gasteiger partial charge in [-0.1, -0.05) is 72.8 Å². The summed E-state index contributed by atoms with van der Waals surface area (Å²) < 4.78 is 5.88. The summed E-state index contributed by atoms with van der Waals surface area (Å²) in [5, 5.41) is 5.50. The van der Waals surface area contributed by atoms with Crippen LogP contribution in [0.15, 0.2) is 72.8 Å². The Bertz CT molecular complexity index is 928. The fourth-order valence-electron chi connectivity index (χ4n) is 3.95. The molecule has 0 aromatic heterocycles. The summed E-state index contributed by atoms with van der Waals surface area (Å²) in [6, 6.07) is 24.8. The number of ether oxygens (including phenoxy) is 1. The standard InChI is InChI=1S/C25H28N2O2/c28-25(26-17-23-11-6-10-22-9-4-5-12-24(22)23)27-15-13-21(14-16-27)19-29-18-20-7-2-1-3-8-20/h1-12,21H,13-19H2,(H,26,28). The summed E-state index contributed by atoms with van der Waals surface area (Å²) in [6.45, 7) is 3.56. The predicted octanol–water partition coefficient (Wildman–Crippen LogP) is 4.98. The van der Waals surface area contributed by atoms with E-state index in [1.165, 1.54) is 16.3 Å². The number of hydrogen-bond acceptors (Lipinski definition) is 2. The summed E-state index contributed by atoms with van der Waals surface area (Å²) >= 11 is 0. The minimum atomic E-state index is 0.0292. The molecule has 0 aliphatic carbocycles. The number of urea groups is 1. The van der Waals surface area contributed by atoms with Gasteiger partial charge in [-0.2, -0.15) is 0 Å². The van der Waals surface area contributed by atoms with Gasteiger partial charge in [0.2, 0.25) is 0 Å². The Morgan fingerprint density at radius 1 is 0.931 bits per heavy atom. The Balaban J connectivity index is 1.21. The highest BCUT2D eigenvalue weighted by Crippen LogP contribution is 2.20. The Morgan fingerprint density at radius 2 is 1.66 bits per heavy atom. The molecule has 4 rings (SSSR count). The molecule has 3 aromatic carbocycles. The first kappa shape index (κ1) is 19.5. The van der Waals surface area contributed by atoms with E-state index in [-0.39, 0.29) is 6.03 Å². The van der Waals surface area contributed by atoms with Gasteiger partial charge in [0.1, 0.15) is 0 Å². The molecule has 1 heterocycles. The van der Waals surface area contributed by atoms with Crippen molar-refractivity contribution in [2.45, 2.75) is 26.0 Å². The number of rotatable bonds is 6. The molecule has 0 spiro atoms. The number of benzene rings is 3. The van der Waals surface area contributed by atoms with E-state index in [2.05, 4.69) is 41.7 Å². The van der Waals surface area contributed by atoms with Crippen LogP contribution in [0.4, 0.5) is 4.79 Å². The molecule has 1 aliphatic rings. The zero-order chi connectivity index (χ0) is 19.9. The molecule has 1 saturated heterocycles. The first-order chi connectivity index (χ1) is 14.3. The van der Waals surface area contributed by atoms with E-state index in [9.17, 15) is 4.79 Å². The number of fused-ring (bicyclic) bond motifs is 1. The van der Waals surface area contributed by atoms with Gasteiger partial charge in [-0.15, -0.1) is 0 Å². The minimum Gasteiger partial charge on any atom is -0.376 e. The zero-order valence-electron chi connectivity index (χ0n) is 16.7. The third-order valence-corrected chi connectivity index (χ3v) is 5.68. The van der Waals surface area contributed by atoms with Crippen LogP contribution >= 0.6 is 0 Å². The van der Waals surface area contributed by atoms with Crippen LogP contribution in [-0.2, 0) is 17.9 Å². The molecule has 1 fully saturated rings. The highest BCUT2D eigenvalue weighted by molar-refractivity contribution is 5.86. The molecule has 2 amide bonds. The van der Waals surface area contributed by atoms with Crippen molar-refractivity contribution < 1.29 is 9.53 Å². The summed E-state index contributed by atoms with van der Waals surface area (Å²) in [5.41, 5.74) is 2.36. The van der Waals surface area contributed by atoms with Crippen molar-refractivity contribution >= 4 is 16.8 Å². The molecule has 0 bridgehead atoms. The van der Waals surface area contributed by atoms with E-state index in [1.54, 1.807) is 0 Å². The maximum Gasteiger partial charge on any atom is 0.317 e. The second kappa shape index (κ2) is 9.57. The van der Waals surface area contributed by atoms with Crippen LogP contribution in [0.3, 0.4) is 0 Å². The third-order valence-electron chi connectivity index (χ3n) is 5.68. The third kappa shape index (κ3) is 5.15. The van der Waals surface area contributed by atoms with E-state index in [1.807, 2.05) is 41.3 Å². The fraction of sp³-hybridized carbons (Fsp3) is 0.320. The number of carbonyl (C=O) groups excluding carboxylic acids is 1. The lowest BCUT2D eigenvalue weighted by molar-refractivity contribution is 0.0629. The van der Waals surface area contributed by atoms with E-state index in [0.29, 0.717) is 19.1 Å². The van der Waals surface area contributed by atoms with Gasteiger partial charge >= 0.3 is 6.03 Å². The first-order valence-electron chi connectivity index (χ1n) is 10.4. The highest BCUT2D eigenvalue weighted by atomic mass is 16.5. The molecule has 3 aromatic rings. The largest absolute Gasteiger partial charge is 0.376 e. The second-order valence-electron chi connectivity index (χ2n) is 7.73. The van der Waals surface area contributed by atoms with Crippen molar-refractivity contribution in [3.8, 4) is 0 Å². The van der Waals surface area contributed by atoms with E-state index in [4.69, 9.17) is 4.74 Å². The van der Waals surface area contributed by atoms with Gasteiger partial charge in [0.15, 0.2) is 0 Å². The molecule has 0 saturated carbocycles. The van der Waals surface area contributed by atoms with Crippen molar-refractivity contribution in [3.63, 3.8) is 0 Å². The van der Waals surface area contributed by atoms with Crippen LogP contribution in [-0.4, -0.2) is 30.6 Å². The lowest BCUT2D eigenvalue weighted by atomic mass is 9.98. The normalized spacial score (nSPS) is 14.8. The quantitative estimate of drug-likeness (QED) is 0.647. The smallest absolute Gasteiger partial charge is 0.317 e. The van der Waals surface area contributed by atoms with Gasteiger partial charge in [-0.25, -0.2) is 4.79 Å². The molecule has 1 aliphatic heterocycles. The number of nitrogens with one attached hydrogen (secondary N) is 1. The monoisotopic (exact) mass is 388 g/mol. The maximum atomic E-state index is 12.6. The van der Waals surface area contributed by atoms with Crippen LogP contribution in [0.1, 0.15) is 24.0 Å². The van der Waals surface area contributed by atoms with Gasteiger partial charge in [-0.05, 0) is 40.7 Å². The van der Waals surface area contributed by atoms with Gasteiger partial charge in [0.05, 0.1) is 6.61 Å². The number of amides is 2. The minimum absolute atomic E-state index is 0.0292. The Kier molecular flexibility index (Phi) is 6.42. The van der Waals surface area contributed by atoms with Gasteiger partial charge in [0, 0.05) is 26.2 Å². The topological polar surface area (TPSA) is 41.6 Å².